The molecule has 0 saturated carbocycles. The van der Waals surface area contributed by atoms with Gasteiger partial charge in [0.2, 0.25) is 0 Å². The smallest absolute Gasteiger partial charge is 0.0643 e. The second kappa shape index (κ2) is 5.29. The molecule has 4 nitrogen and oxygen atoms in total. The van der Waals surface area contributed by atoms with Crippen LogP contribution in [0.25, 0.3) is 0 Å². The van der Waals surface area contributed by atoms with Crippen molar-refractivity contribution in [3.63, 3.8) is 0 Å². The van der Waals surface area contributed by atoms with E-state index in [0.29, 0.717) is 5.92 Å². The van der Waals surface area contributed by atoms with E-state index in [1.807, 2.05) is 11.7 Å². The Bertz CT molecular complexity index is 602. The van der Waals surface area contributed by atoms with E-state index in [0.717, 1.165) is 31.7 Å². The molecule has 2 heterocycles. The SMILES string of the molecule is Cc1nn(C)cc1CN1CC(CCN)c2ccccc21. The molecule has 1 aliphatic heterocycles. The van der Waals surface area contributed by atoms with E-state index in [1.54, 1.807) is 0 Å². The first-order valence-electron chi connectivity index (χ1n) is 7.22. The van der Waals surface area contributed by atoms with Crippen molar-refractivity contribution in [1.29, 1.82) is 0 Å². The van der Waals surface area contributed by atoms with Crippen LogP contribution in [0.15, 0.2) is 30.5 Å². The Kier molecular flexibility index (Phi) is 3.49. The van der Waals surface area contributed by atoms with Crippen molar-refractivity contribution < 1.29 is 0 Å². The summed E-state index contributed by atoms with van der Waals surface area (Å²) in [6.45, 7) is 4.82. The van der Waals surface area contributed by atoms with E-state index in [-0.39, 0.29) is 0 Å². The van der Waals surface area contributed by atoms with Crippen LogP contribution in [0, 0.1) is 6.92 Å². The van der Waals surface area contributed by atoms with Gasteiger partial charge < -0.3 is 10.6 Å². The maximum Gasteiger partial charge on any atom is 0.0643 e. The Morgan fingerprint density at radius 1 is 1.35 bits per heavy atom. The van der Waals surface area contributed by atoms with E-state index in [1.165, 1.54) is 16.8 Å². The largest absolute Gasteiger partial charge is 0.366 e. The molecule has 0 amide bonds. The first kappa shape index (κ1) is 13.2. The van der Waals surface area contributed by atoms with Crippen LogP contribution in [0.4, 0.5) is 5.69 Å². The molecule has 106 valence electrons. The molecule has 1 aromatic heterocycles. The Balaban J connectivity index is 1.86. The summed E-state index contributed by atoms with van der Waals surface area (Å²) in [4.78, 5) is 2.46. The van der Waals surface area contributed by atoms with Crippen molar-refractivity contribution in [3.05, 3.63) is 47.3 Å². The average molecular weight is 270 g/mol. The van der Waals surface area contributed by atoms with Gasteiger partial charge in [0, 0.05) is 43.5 Å². The van der Waals surface area contributed by atoms with Gasteiger partial charge in [0.15, 0.2) is 0 Å². The van der Waals surface area contributed by atoms with E-state index in [9.17, 15) is 0 Å². The maximum atomic E-state index is 5.76. The number of aryl methyl sites for hydroxylation is 2. The van der Waals surface area contributed by atoms with Crippen molar-refractivity contribution >= 4 is 5.69 Å². The summed E-state index contributed by atoms with van der Waals surface area (Å²) in [7, 11) is 1.98. The van der Waals surface area contributed by atoms with Crippen molar-refractivity contribution in [2.24, 2.45) is 12.8 Å². The van der Waals surface area contributed by atoms with Gasteiger partial charge in [-0.1, -0.05) is 18.2 Å². The standard InChI is InChI=1S/C16H22N4/c1-12-14(9-19(2)18-12)11-20-10-13(7-8-17)15-5-3-4-6-16(15)20/h3-6,9,13H,7-8,10-11,17H2,1-2H3. The average Bonchev–Trinajstić information content (AvgIpc) is 2.93. The molecule has 20 heavy (non-hydrogen) atoms. The molecule has 0 radical (unpaired) electrons. The minimum Gasteiger partial charge on any atom is -0.366 e. The van der Waals surface area contributed by atoms with E-state index in [2.05, 4.69) is 47.4 Å². The summed E-state index contributed by atoms with van der Waals surface area (Å²) in [6.07, 6.45) is 3.17. The Morgan fingerprint density at radius 2 is 2.15 bits per heavy atom. The zero-order valence-electron chi connectivity index (χ0n) is 12.2. The first-order chi connectivity index (χ1) is 9.69. The minimum absolute atomic E-state index is 0.563. The van der Waals surface area contributed by atoms with Gasteiger partial charge >= 0.3 is 0 Å². The lowest BCUT2D eigenvalue weighted by Crippen LogP contribution is -2.22. The fourth-order valence-corrected chi connectivity index (χ4v) is 3.19. The molecule has 2 N–H and O–H groups in total. The highest BCUT2D eigenvalue weighted by atomic mass is 15.3. The number of hydrogen-bond donors (Lipinski definition) is 1. The third kappa shape index (κ3) is 2.31. The number of para-hydroxylation sites is 1. The summed E-state index contributed by atoms with van der Waals surface area (Å²) in [5.41, 5.74) is 11.0. The Labute approximate surface area is 120 Å². The number of rotatable bonds is 4. The third-order valence-corrected chi connectivity index (χ3v) is 4.15. The Morgan fingerprint density at radius 3 is 2.85 bits per heavy atom. The number of nitrogens with two attached hydrogens (primary N) is 1. The van der Waals surface area contributed by atoms with E-state index >= 15 is 0 Å². The number of hydrogen-bond acceptors (Lipinski definition) is 3. The lowest BCUT2D eigenvalue weighted by atomic mass is 9.98. The van der Waals surface area contributed by atoms with Gasteiger partial charge in [-0.15, -0.1) is 0 Å². The molecule has 1 atom stereocenters. The van der Waals surface area contributed by atoms with Gasteiger partial charge in [0.1, 0.15) is 0 Å². The topological polar surface area (TPSA) is 47.1 Å². The van der Waals surface area contributed by atoms with Crippen molar-refractivity contribution in [2.75, 3.05) is 18.0 Å². The van der Waals surface area contributed by atoms with E-state index < -0.39 is 0 Å². The Hall–Kier alpha value is -1.81. The molecule has 0 bridgehead atoms. The number of anilines is 1. The predicted octanol–water partition coefficient (Wildman–Crippen LogP) is 2.18. The van der Waals surface area contributed by atoms with Gasteiger partial charge in [0.25, 0.3) is 0 Å². The highest BCUT2D eigenvalue weighted by molar-refractivity contribution is 5.60. The monoisotopic (exact) mass is 270 g/mol. The van der Waals surface area contributed by atoms with Crippen molar-refractivity contribution in [3.8, 4) is 0 Å². The first-order valence-corrected chi connectivity index (χ1v) is 7.22. The van der Waals surface area contributed by atoms with Crippen LogP contribution in [-0.4, -0.2) is 22.9 Å². The summed E-state index contributed by atoms with van der Waals surface area (Å²) >= 11 is 0. The van der Waals surface area contributed by atoms with Gasteiger partial charge in [-0.2, -0.15) is 5.10 Å². The number of benzene rings is 1. The zero-order chi connectivity index (χ0) is 14.1. The zero-order valence-corrected chi connectivity index (χ0v) is 12.2. The fourth-order valence-electron chi connectivity index (χ4n) is 3.19. The molecule has 0 spiro atoms. The van der Waals surface area contributed by atoms with Crippen LogP contribution in [0.5, 0.6) is 0 Å². The molecule has 3 rings (SSSR count). The van der Waals surface area contributed by atoms with Crippen LogP contribution in [0.3, 0.4) is 0 Å². The van der Waals surface area contributed by atoms with Gasteiger partial charge in [-0.05, 0) is 31.5 Å². The van der Waals surface area contributed by atoms with E-state index in [4.69, 9.17) is 5.73 Å². The second-order valence-corrected chi connectivity index (χ2v) is 5.63. The van der Waals surface area contributed by atoms with Crippen LogP contribution in [-0.2, 0) is 13.6 Å². The molecule has 4 heteroatoms. The lowest BCUT2D eigenvalue weighted by molar-refractivity contribution is 0.643. The third-order valence-electron chi connectivity index (χ3n) is 4.15. The van der Waals surface area contributed by atoms with Crippen LogP contribution < -0.4 is 10.6 Å². The molecular formula is C16H22N4. The van der Waals surface area contributed by atoms with Crippen molar-refractivity contribution in [2.45, 2.75) is 25.8 Å². The molecule has 0 saturated heterocycles. The van der Waals surface area contributed by atoms with Crippen LogP contribution in [0.1, 0.15) is 29.2 Å². The number of nitrogens with zero attached hydrogens (tertiary/aromatic N) is 3. The highest BCUT2D eigenvalue weighted by Crippen LogP contribution is 2.38. The molecule has 1 aromatic carbocycles. The highest BCUT2D eigenvalue weighted by Gasteiger charge is 2.28. The van der Waals surface area contributed by atoms with Gasteiger partial charge in [0.05, 0.1) is 5.69 Å². The molecule has 2 aromatic rings. The summed E-state index contributed by atoms with van der Waals surface area (Å²) in [6, 6.07) is 8.71. The van der Waals surface area contributed by atoms with Gasteiger partial charge in [-0.25, -0.2) is 0 Å². The number of fused-ring (bicyclic) bond motifs is 1. The van der Waals surface area contributed by atoms with Gasteiger partial charge in [-0.3, -0.25) is 4.68 Å². The normalized spacial score (nSPS) is 17.6. The molecule has 1 unspecified atom stereocenters. The maximum absolute atomic E-state index is 5.76. The fraction of sp³-hybridized carbons (Fsp3) is 0.438. The predicted molar refractivity (Wildman–Crippen MR) is 81.8 cm³/mol. The van der Waals surface area contributed by atoms with Crippen LogP contribution >= 0.6 is 0 Å². The van der Waals surface area contributed by atoms with Crippen LogP contribution in [0.2, 0.25) is 0 Å². The number of aromatic nitrogens is 2. The molecule has 0 aliphatic carbocycles. The minimum atomic E-state index is 0.563. The quantitative estimate of drug-likeness (QED) is 0.926. The molecule has 1 aliphatic rings. The summed E-state index contributed by atoms with van der Waals surface area (Å²) in [5.74, 6) is 0.563. The second-order valence-electron chi connectivity index (χ2n) is 5.63. The lowest BCUT2D eigenvalue weighted by Gasteiger charge is -2.19. The molecule has 0 fully saturated rings. The summed E-state index contributed by atoms with van der Waals surface area (Å²) < 4.78 is 1.89. The summed E-state index contributed by atoms with van der Waals surface area (Å²) in [5, 5.41) is 4.43. The molecular weight excluding hydrogens is 248 g/mol. The van der Waals surface area contributed by atoms with Crippen molar-refractivity contribution in [1.82, 2.24) is 9.78 Å².